The lowest BCUT2D eigenvalue weighted by Gasteiger charge is -2.35. The molecule has 0 aromatic heterocycles. The van der Waals surface area contributed by atoms with Crippen molar-refractivity contribution in [3.05, 3.63) is 0 Å². The van der Waals surface area contributed by atoms with Gasteiger partial charge in [0.15, 0.2) is 0 Å². The van der Waals surface area contributed by atoms with Gasteiger partial charge in [0.25, 0.3) is 0 Å². The number of likely N-dealkylation sites (N-methyl/N-ethyl adjacent to an activating group) is 1. The van der Waals surface area contributed by atoms with Gasteiger partial charge >= 0.3 is 0 Å². The van der Waals surface area contributed by atoms with E-state index in [2.05, 4.69) is 27.4 Å². The zero-order chi connectivity index (χ0) is 14.4. The Morgan fingerprint density at radius 1 is 1.30 bits per heavy atom. The zero-order valence-electron chi connectivity index (χ0n) is 12.5. The van der Waals surface area contributed by atoms with Gasteiger partial charge in [-0.3, -0.25) is 9.69 Å². The largest absolute Gasteiger partial charge is 0.387 e. The molecule has 6 nitrogen and oxygen atoms in total. The first kappa shape index (κ1) is 15.7. The van der Waals surface area contributed by atoms with Gasteiger partial charge in [0.1, 0.15) is 0 Å². The van der Waals surface area contributed by atoms with E-state index in [0.717, 1.165) is 52.1 Å². The molecule has 20 heavy (non-hydrogen) atoms. The average molecular weight is 284 g/mol. The molecule has 0 bridgehead atoms. The van der Waals surface area contributed by atoms with Crippen molar-refractivity contribution in [2.24, 2.45) is 0 Å². The maximum absolute atomic E-state index is 11.9. The Bertz CT molecular complexity index is 310. The summed E-state index contributed by atoms with van der Waals surface area (Å²) >= 11 is 0. The maximum Gasteiger partial charge on any atom is 0.234 e. The number of carbonyl (C=O) groups excluding carboxylic acids is 1. The minimum atomic E-state index is -0.769. The standard InChI is InChI=1S/C14H28N4O2/c1-2-17-6-8-18(9-7-17)10-13(19)16-12-14(20)4-3-5-15-11-14/h15,20H,2-12H2,1H3,(H,16,19). The summed E-state index contributed by atoms with van der Waals surface area (Å²) in [5.74, 6) is 0.0222. The quantitative estimate of drug-likeness (QED) is 0.595. The number of hydrogen-bond donors (Lipinski definition) is 3. The lowest BCUT2D eigenvalue weighted by Crippen LogP contribution is -2.54. The molecule has 0 aromatic carbocycles. The van der Waals surface area contributed by atoms with E-state index in [1.165, 1.54) is 0 Å². The molecule has 6 heteroatoms. The van der Waals surface area contributed by atoms with Gasteiger partial charge in [-0.15, -0.1) is 0 Å². The van der Waals surface area contributed by atoms with Crippen LogP contribution < -0.4 is 10.6 Å². The van der Waals surface area contributed by atoms with Crippen molar-refractivity contribution >= 4 is 5.91 Å². The molecule has 2 aliphatic heterocycles. The molecule has 2 rings (SSSR count). The number of nitrogens with zero attached hydrogens (tertiary/aromatic N) is 2. The number of hydrogen-bond acceptors (Lipinski definition) is 5. The van der Waals surface area contributed by atoms with Gasteiger partial charge in [-0.2, -0.15) is 0 Å². The Balaban J connectivity index is 1.65. The topological polar surface area (TPSA) is 67.8 Å². The summed E-state index contributed by atoms with van der Waals surface area (Å²) in [5, 5.41) is 16.4. The lowest BCUT2D eigenvalue weighted by atomic mass is 9.94. The molecule has 1 unspecified atom stereocenters. The number of nitrogens with one attached hydrogen (secondary N) is 2. The van der Waals surface area contributed by atoms with E-state index in [9.17, 15) is 9.90 Å². The summed E-state index contributed by atoms with van der Waals surface area (Å²) in [6, 6.07) is 0. The predicted octanol–water partition coefficient (Wildman–Crippen LogP) is -1.15. The first-order valence-corrected chi connectivity index (χ1v) is 7.76. The molecule has 1 atom stereocenters. The highest BCUT2D eigenvalue weighted by Gasteiger charge is 2.29. The van der Waals surface area contributed by atoms with Gasteiger partial charge in [0, 0.05) is 39.3 Å². The van der Waals surface area contributed by atoms with Gasteiger partial charge in [-0.05, 0) is 25.9 Å². The second kappa shape index (κ2) is 7.36. The highest BCUT2D eigenvalue weighted by atomic mass is 16.3. The molecular weight excluding hydrogens is 256 g/mol. The minimum Gasteiger partial charge on any atom is -0.387 e. The van der Waals surface area contributed by atoms with Crippen LogP contribution in [0.3, 0.4) is 0 Å². The van der Waals surface area contributed by atoms with Crippen molar-refractivity contribution in [2.45, 2.75) is 25.4 Å². The molecule has 1 amide bonds. The number of piperidine rings is 1. The van der Waals surface area contributed by atoms with E-state index in [-0.39, 0.29) is 5.91 Å². The van der Waals surface area contributed by atoms with Crippen LogP contribution in [0.25, 0.3) is 0 Å². The SMILES string of the molecule is CCN1CCN(CC(=O)NCC2(O)CCCNC2)CC1. The second-order valence-electron chi connectivity index (χ2n) is 5.99. The third kappa shape index (κ3) is 4.70. The van der Waals surface area contributed by atoms with Crippen LogP contribution >= 0.6 is 0 Å². The molecule has 2 fully saturated rings. The van der Waals surface area contributed by atoms with Crippen LogP contribution in [0.15, 0.2) is 0 Å². The van der Waals surface area contributed by atoms with Crippen LogP contribution in [0.2, 0.25) is 0 Å². The zero-order valence-corrected chi connectivity index (χ0v) is 12.5. The van der Waals surface area contributed by atoms with Gasteiger partial charge in [-0.1, -0.05) is 6.92 Å². The molecule has 0 aromatic rings. The van der Waals surface area contributed by atoms with Crippen molar-refractivity contribution in [3.8, 4) is 0 Å². The third-order valence-corrected chi connectivity index (χ3v) is 4.34. The Kier molecular flexibility index (Phi) is 5.77. The van der Waals surface area contributed by atoms with Gasteiger partial charge in [-0.25, -0.2) is 0 Å². The highest BCUT2D eigenvalue weighted by Crippen LogP contribution is 2.14. The number of rotatable bonds is 5. The van der Waals surface area contributed by atoms with E-state index >= 15 is 0 Å². The van der Waals surface area contributed by atoms with Crippen molar-refractivity contribution in [1.82, 2.24) is 20.4 Å². The van der Waals surface area contributed by atoms with E-state index in [1.54, 1.807) is 0 Å². The van der Waals surface area contributed by atoms with Gasteiger partial charge in [0.05, 0.1) is 12.1 Å². The molecule has 0 spiro atoms. The fraction of sp³-hybridized carbons (Fsp3) is 0.929. The van der Waals surface area contributed by atoms with Crippen LogP contribution in [0.1, 0.15) is 19.8 Å². The number of piperazine rings is 1. The minimum absolute atomic E-state index is 0.0222. The summed E-state index contributed by atoms with van der Waals surface area (Å²) in [6.45, 7) is 9.56. The molecule has 2 heterocycles. The van der Waals surface area contributed by atoms with Crippen LogP contribution in [-0.2, 0) is 4.79 Å². The Hall–Kier alpha value is -0.690. The molecule has 2 saturated heterocycles. The Morgan fingerprint density at radius 2 is 2.00 bits per heavy atom. The second-order valence-corrected chi connectivity index (χ2v) is 5.99. The van der Waals surface area contributed by atoms with Crippen molar-refractivity contribution in [2.75, 3.05) is 58.9 Å². The monoisotopic (exact) mass is 284 g/mol. The smallest absolute Gasteiger partial charge is 0.234 e. The van der Waals surface area contributed by atoms with Crippen molar-refractivity contribution in [1.29, 1.82) is 0 Å². The molecular formula is C14H28N4O2. The van der Waals surface area contributed by atoms with E-state index in [1.807, 2.05) is 0 Å². The molecule has 0 saturated carbocycles. The number of carbonyl (C=O) groups is 1. The predicted molar refractivity (Wildman–Crippen MR) is 78.6 cm³/mol. The number of aliphatic hydroxyl groups is 1. The van der Waals surface area contributed by atoms with Crippen LogP contribution in [0.5, 0.6) is 0 Å². The summed E-state index contributed by atoms with van der Waals surface area (Å²) in [4.78, 5) is 16.5. The van der Waals surface area contributed by atoms with Crippen LogP contribution in [-0.4, -0.2) is 85.3 Å². The normalized spacial score (nSPS) is 29.3. The van der Waals surface area contributed by atoms with Gasteiger partial charge < -0.3 is 20.6 Å². The van der Waals surface area contributed by atoms with E-state index < -0.39 is 5.60 Å². The van der Waals surface area contributed by atoms with E-state index in [4.69, 9.17) is 0 Å². The Morgan fingerprint density at radius 3 is 2.60 bits per heavy atom. The summed E-state index contributed by atoms with van der Waals surface area (Å²) < 4.78 is 0. The number of amides is 1. The third-order valence-electron chi connectivity index (χ3n) is 4.34. The van der Waals surface area contributed by atoms with Crippen LogP contribution in [0, 0.1) is 0 Å². The molecule has 3 N–H and O–H groups in total. The fourth-order valence-corrected chi connectivity index (χ4v) is 2.89. The Labute approximate surface area is 121 Å². The first-order chi connectivity index (χ1) is 9.61. The molecule has 0 aliphatic carbocycles. The van der Waals surface area contributed by atoms with Crippen LogP contribution in [0.4, 0.5) is 0 Å². The lowest BCUT2D eigenvalue weighted by molar-refractivity contribution is -0.124. The average Bonchev–Trinajstić information content (AvgIpc) is 2.47. The fourth-order valence-electron chi connectivity index (χ4n) is 2.89. The van der Waals surface area contributed by atoms with Gasteiger partial charge in [0.2, 0.25) is 5.91 Å². The molecule has 116 valence electrons. The van der Waals surface area contributed by atoms with Crippen molar-refractivity contribution < 1.29 is 9.90 Å². The molecule has 2 aliphatic rings. The summed E-state index contributed by atoms with van der Waals surface area (Å²) in [5.41, 5.74) is -0.769. The van der Waals surface area contributed by atoms with E-state index in [0.29, 0.717) is 19.6 Å². The number of β-amino-alcohol motifs (C(OH)–C–C–N with tert-alkyl or cyclic N) is 1. The first-order valence-electron chi connectivity index (χ1n) is 7.76. The molecule has 0 radical (unpaired) electrons. The van der Waals surface area contributed by atoms with Crippen molar-refractivity contribution in [3.63, 3.8) is 0 Å². The maximum atomic E-state index is 11.9. The summed E-state index contributed by atoms with van der Waals surface area (Å²) in [7, 11) is 0. The summed E-state index contributed by atoms with van der Waals surface area (Å²) in [6.07, 6.45) is 1.72. The highest BCUT2D eigenvalue weighted by molar-refractivity contribution is 5.78.